The van der Waals surface area contributed by atoms with Crippen LogP contribution in [-0.4, -0.2) is 14.5 Å². The Morgan fingerprint density at radius 1 is 0.518 bits per heavy atom. The highest BCUT2D eigenvalue weighted by Crippen LogP contribution is 2.50. The maximum atomic E-state index is 5.59. The molecule has 2 aliphatic rings. The maximum absolute atomic E-state index is 5.59. The van der Waals surface area contributed by atoms with Gasteiger partial charge in [0.25, 0.3) is 0 Å². The first-order valence-corrected chi connectivity index (χ1v) is 19.6. The van der Waals surface area contributed by atoms with E-state index in [1.165, 1.54) is 76.8 Å². The van der Waals surface area contributed by atoms with Crippen LogP contribution in [0, 0.1) is 0 Å². The molecule has 0 radical (unpaired) electrons. The van der Waals surface area contributed by atoms with Gasteiger partial charge in [0.2, 0.25) is 5.95 Å². The first kappa shape index (κ1) is 31.3. The van der Waals surface area contributed by atoms with E-state index in [0.29, 0.717) is 11.9 Å². The summed E-state index contributed by atoms with van der Waals surface area (Å²) >= 11 is 0. The van der Waals surface area contributed by atoms with Crippen LogP contribution in [0.25, 0.3) is 88.7 Å². The molecule has 1 unspecified atom stereocenters. The normalized spacial score (nSPS) is 14.8. The Bertz CT molecular complexity index is 3330. The van der Waals surface area contributed by atoms with Crippen molar-refractivity contribution in [1.82, 2.24) is 14.5 Å². The lowest BCUT2D eigenvalue weighted by Gasteiger charge is -2.21. The summed E-state index contributed by atoms with van der Waals surface area (Å²) < 4.78 is 2.33. The fraction of sp³-hybridized carbons (Fsp3) is 0.0566. The lowest BCUT2D eigenvalue weighted by molar-refractivity contribution is 0.773. The predicted molar refractivity (Wildman–Crippen MR) is 234 cm³/mol. The average molecular weight is 714 g/mol. The Labute approximate surface area is 324 Å². The first-order chi connectivity index (χ1) is 27.7. The summed E-state index contributed by atoms with van der Waals surface area (Å²) in [5.41, 5.74) is 15.1. The van der Waals surface area contributed by atoms with Crippen molar-refractivity contribution in [1.29, 1.82) is 0 Å². The lowest BCUT2D eigenvalue weighted by atomic mass is 9.85. The molecular weight excluding hydrogens is 679 g/mol. The minimum absolute atomic E-state index is 0.419. The van der Waals surface area contributed by atoms with Crippen molar-refractivity contribution in [3.63, 3.8) is 0 Å². The van der Waals surface area contributed by atoms with Gasteiger partial charge in [-0.05, 0) is 91.0 Å². The van der Waals surface area contributed by atoms with Crippen molar-refractivity contribution >= 4 is 71.5 Å². The van der Waals surface area contributed by atoms with Gasteiger partial charge in [-0.3, -0.25) is 4.57 Å². The molecule has 56 heavy (non-hydrogen) atoms. The first-order valence-electron chi connectivity index (χ1n) is 19.6. The van der Waals surface area contributed by atoms with Crippen LogP contribution in [0.2, 0.25) is 0 Å². The second-order valence-corrected chi connectivity index (χ2v) is 15.3. The highest BCUT2D eigenvalue weighted by Gasteiger charge is 2.29. The second kappa shape index (κ2) is 11.9. The Morgan fingerprint density at radius 3 is 1.96 bits per heavy atom. The van der Waals surface area contributed by atoms with Crippen LogP contribution in [-0.2, 0) is 0 Å². The van der Waals surface area contributed by atoms with Crippen LogP contribution < -0.4 is 0 Å². The van der Waals surface area contributed by atoms with E-state index in [-0.39, 0.29) is 0 Å². The number of allylic oxidation sites excluding steroid dienone is 1. The largest absolute Gasteiger partial charge is 0.278 e. The molecule has 0 spiro atoms. The van der Waals surface area contributed by atoms with Crippen molar-refractivity contribution in [3.8, 4) is 17.2 Å². The molecule has 0 N–H and O–H groups in total. The summed E-state index contributed by atoms with van der Waals surface area (Å²) in [4.78, 5) is 11.2. The third-order valence-electron chi connectivity index (χ3n) is 12.2. The summed E-state index contributed by atoms with van der Waals surface area (Å²) in [5, 5.41) is 8.42. The summed E-state index contributed by atoms with van der Waals surface area (Å²) in [6.07, 6.45) is 5.61. The molecule has 0 fully saturated rings. The van der Waals surface area contributed by atoms with Crippen LogP contribution in [0.3, 0.4) is 0 Å². The van der Waals surface area contributed by atoms with Gasteiger partial charge in [0.1, 0.15) is 0 Å². The topological polar surface area (TPSA) is 30.7 Å². The van der Waals surface area contributed by atoms with Crippen molar-refractivity contribution in [2.75, 3.05) is 0 Å². The monoisotopic (exact) mass is 713 g/mol. The Kier molecular flexibility index (Phi) is 6.67. The molecule has 2 aliphatic carbocycles. The van der Waals surface area contributed by atoms with Gasteiger partial charge in [-0.1, -0.05) is 165 Å². The predicted octanol–water partition coefficient (Wildman–Crippen LogP) is 13.5. The highest BCUT2D eigenvalue weighted by atomic mass is 15.2. The molecule has 1 atom stereocenters. The maximum Gasteiger partial charge on any atom is 0.235 e. The summed E-state index contributed by atoms with van der Waals surface area (Å²) in [6, 6.07) is 59.8. The van der Waals surface area contributed by atoms with Gasteiger partial charge in [0, 0.05) is 27.3 Å². The highest BCUT2D eigenvalue weighted by molar-refractivity contribution is 6.31. The van der Waals surface area contributed by atoms with E-state index in [1.54, 1.807) is 0 Å². The molecule has 0 bridgehead atoms. The minimum atomic E-state index is 0.419. The molecule has 10 aromatic rings. The van der Waals surface area contributed by atoms with E-state index >= 15 is 0 Å². The molecule has 12 rings (SSSR count). The van der Waals surface area contributed by atoms with E-state index in [0.717, 1.165) is 39.6 Å². The number of benzene rings is 8. The van der Waals surface area contributed by atoms with Gasteiger partial charge in [-0.15, -0.1) is 0 Å². The zero-order valence-electron chi connectivity index (χ0n) is 30.9. The Morgan fingerprint density at radius 2 is 1.18 bits per heavy atom. The van der Waals surface area contributed by atoms with Gasteiger partial charge in [-0.25, -0.2) is 9.97 Å². The molecule has 3 nitrogen and oxygen atoms in total. The quantitative estimate of drug-likeness (QED) is 0.182. The van der Waals surface area contributed by atoms with Crippen molar-refractivity contribution < 1.29 is 0 Å². The van der Waals surface area contributed by atoms with Crippen LogP contribution in [0.5, 0.6) is 0 Å². The van der Waals surface area contributed by atoms with Crippen LogP contribution >= 0.6 is 0 Å². The Hall–Kier alpha value is -7.10. The standard InChI is InChI=1S/C53H35N3/c1-32-13-10-21-40-39(32)28-29-43-51(38-26-25-33-14-8-9-19-37(33)31-38)54-53(55-52(40)43)56-44-24-12-23-42-47(35-17-6-3-7-18-35)46(34-15-4-2-5-16-34)41-22-11-20-36-27-30-45(56)50(48(36)41)49(42)44/h2-12,14-32H,13H2,1H3. The number of aromatic nitrogens is 3. The molecule has 0 amide bonds. The number of fused-ring (bicyclic) bond motifs is 4. The molecule has 262 valence electrons. The zero-order chi connectivity index (χ0) is 36.9. The number of rotatable bonds is 4. The lowest BCUT2D eigenvalue weighted by Crippen LogP contribution is -2.07. The molecule has 2 heterocycles. The number of hydrogen-bond donors (Lipinski definition) is 0. The van der Waals surface area contributed by atoms with E-state index in [4.69, 9.17) is 9.97 Å². The van der Waals surface area contributed by atoms with Gasteiger partial charge in [0.05, 0.1) is 22.2 Å². The SMILES string of the molecule is CC1CC=Cc2c1ccc1c(-c3ccc4ccccc4c3)nc(-n3c4cccc5c4c4c6c(cccc6ccc43)C(c3ccccc3)=C5c3ccccc3)nc21. The zero-order valence-corrected chi connectivity index (χ0v) is 30.9. The van der Waals surface area contributed by atoms with E-state index in [2.05, 4.69) is 187 Å². The fourth-order valence-corrected chi connectivity index (χ4v) is 9.64. The van der Waals surface area contributed by atoms with Crippen LogP contribution in [0.1, 0.15) is 52.6 Å². The van der Waals surface area contributed by atoms with Crippen molar-refractivity contribution in [2.45, 2.75) is 19.3 Å². The van der Waals surface area contributed by atoms with Crippen molar-refractivity contribution in [2.24, 2.45) is 0 Å². The molecular formula is C53H35N3. The minimum Gasteiger partial charge on any atom is -0.278 e. The molecule has 0 saturated carbocycles. The van der Waals surface area contributed by atoms with E-state index in [1.807, 2.05) is 0 Å². The third kappa shape index (κ3) is 4.46. The fourth-order valence-electron chi connectivity index (χ4n) is 9.64. The Balaban J connectivity index is 1.24. The summed E-state index contributed by atoms with van der Waals surface area (Å²) in [5.74, 6) is 1.10. The van der Waals surface area contributed by atoms with Crippen LogP contribution in [0.4, 0.5) is 0 Å². The molecule has 8 aromatic carbocycles. The van der Waals surface area contributed by atoms with Crippen LogP contribution in [0.15, 0.2) is 170 Å². The molecule has 0 aliphatic heterocycles. The average Bonchev–Trinajstić information content (AvgIpc) is 3.53. The van der Waals surface area contributed by atoms with Crippen molar-refractivity contribution in [3.05, 3.63) is 203 Å². The van der Waals surface area contributed by atoms with E-state index < -0.39 is 0 Å². The van der Waals surface area contributed by atoms with Gasteiger partial charge in [0.15, 0.2) is 0 Å². The summed E-state index contributed by atoms with van der Waals surface area (Å²) in [6.45, 7) is 2.32. The van der Waals surface area contributed by atoms with Gasteiger partial charge in [-0.2, -0.15) is 0 Å². The summed E-state index contributed by atoms with van der Waals surface area (Å²) in [7, 11) is 0. The van der Waals surface area contributed by atoms with Gasteiger partial charge < -0.3 is 0 Å². The third-order valence-corrected chi connectivity index (χ3v) is 12.2. The molecule has 0 saturated heterocycles. The second-order valence-electron chi connectivity index (χ2n) is 15.3. The smallest absolute Gasteiger partial charge is 0.235 e. The molecule has 3 heteroatoms. The van der Waals surface area contributed by atoms with Gasteiger partial charge >= 0.3 is 0 Å². The number of hydrogen-bond acceptors (Lipinski definition) is 2. The number of nitrogens with zero attached hydrogens (tertiary/aromatic N) is 3. The molecule has 2 aromatic heterocycles. The van der Waals surface area contributed by atoms with E-state index in [9.17, 15) is 0 Å².